The molecule has 0 radical (unpaired) electrons. The van der Waals surface area contributed by atoms with Gasteiger partial charge in [-0.15, -0.1) is 0 Å². The van der Waals surface area contributed by atoms with Crippen LogP contribution in [0.3, 0.4) is 0 Å². The van der Waals surface area contributed by atoms with Crippen LogP contribution in [0.4, 0.5) is 4.79 Å². The molecule has 2 aromatic rings. The first-order valence-electron chi connectivity index (χ1n) is 10.9. The lowest BCUT2D eigenvalue weighted by atomic mass is 9.98. The summed E-state index contributed by atoms with van der Waals surface area (Å²) in [4.78, 5) is 14.7. The number of rotatable bonds is 3. The molecule has 31 heavy (non-hydrogen) atoms. The highest BCUT2D eigenvalue weighted by Crippen LogP contribution is 2.44. The number of carbonyl (C=O) groups excluding carboxylic acids is 1. The van der Waals surface area contributed by atoms with E-state index in [-0.39, 0.29) is 36.9 Å². The summed E-state index contributed by atoms with van der Waals surface area (Å²) in [5, 5.41) is 10.4. The average Bonchev–Trinajstić information content (AvgIpc) is 3.38. The topological polar surface area (TPSA) is 68.2 Å². The lowest BCUT2D eigenvalue weighted by molar-refractivity contribution is -0.101. The number of carbonyl (C=O) groups is 1. The summed E-state index contributed by atoms with van der Waals surface area (Å²) in [6.45, 7) is 6.73. The van der Waals surface area contributed by atoms with Crippen molar-refractivity contribution in [2.45, 2.75) is 56.6 Å². The predicted molar refractivity (Wildman–Crippen MR) is 116 cm³/mol. The minimum absolute atomic E-state index is 0.00104. The summed E-state index contributed by atoms with van der Waals surface area (Å²) < 4.78 is 17.7. The number of benzene rings is 2. The summed E-state index contributed by atoms with van der Waals surface area (Å²) in [5.74, 6) is 0.00104. The van der Waals surface area contributed by atoms with Crippen molar-refractivity contribution in [2.75, 3.05) is 19.8 Å². The molecular weight excluding hydrogens is 394 g/mol. The monoisotopic (exact) mass is 423 g/mol. The maximum absolute atomic E-state index is 13.1. The van der Waals surface area contributed by atoms with Crippen molar-refractivity contribution in [3.8, 4) is 11.1 Å². The van der Waals surface area contributed by atoms with Gasteiger partial charge in [0.2, 0.25) is 0 Å². The quantitative estimate of drug-likeness (QED) is 0.818. The fraction of sp³-hybridized carbons (Fsp3) is 0.480. The van der Waals surface area contributed by atoms with Gasteiger partial charge >= 0.3 is 6.09 Å². The van der Waals surface area contributed by atoms with Crippen LogP contribution in [-0.2, 0) is 14.2 Å². The van der Waals surface area contributed by atoms with Crippen LogP contribution in [0.5, 0.6) is 0 Å². The summed E-state index contributed by atoms with van der Waals surface area (Å²) in [6.07, 6.45) is -1.79. The highest BCUT2D eigenvalue weighted by atomic mass is 16.6. The van der Waals surface area contributed by atoms with Gasteiger partial charge in [-0.1, -0.05) is 48.5 Å². The van der Waals surface area contributed by atoms with Gasteiger partial charge in [-0.05, 0) is 43.0 Å². The van der Waals surface area contributed by atoms with E-state index in [1.807, 2.05) is 45.0 Å². The van der Waals surface area contributed by atoms with Gasteiger partial charge in [0.15, 0.2) is 0 Å². The smallest absolute Gasteiger partial charge is 0.410 e. The molecule has 2 aromatic carbocycles. The van der Waals surface area contributed by atoms with Crippen molar-refractivity contribution in [3.05, 3.63) is 59.7 Å². The highest BCUT2D eigenvalue weighted by molar-refractivity contribution is 5.79. The van der Waals surface area contributed by atoms with Gasteiger partial charge in [-0.3, -0.25) is 4.90 Å². The molecule has 0 bridgehead atoms. The second kappa shape index (κ2) is 7.62. The third-order valence-electron chi connectivity index (χ3n) is 6.37. The van der Waals surface area contributed by atoms with E-state index in [0.717, 1.165) is 0 Å². The predicted octanol–water partition coefficient (Wildman–Crippen LogP) is 3.56. The average molecular weight is 424 g/mol. The number of nitrogens with zero attached hydrogens (tertiary/aromatic N) is 1. The largest absolute Gasteiger partial charge is 0.448 e. The van der Waals surface area contributed by atoms with Crippen LogP contribution in [0.25, 0.3) is 11.1 Å². The van der Waals surface area contributed by atoms with Gasteiger partial charge < -0.3 is 19.3 Å². The van der Waals surface area contributed by atoms with Crippen molar-refractivity contribution in [3.63, 3.8) is 0 Å². The Balaban J connectivity index is 1.33. The summed E-state index contributed by atoms with van der Waals surface area (Å²) >= 11 is 0. The fourth-order valence-corrected chi connectivity index (χ4v) is 5.19. The van der Waals surface area contributed by atoms with E-state index in [2.05, 4.69) is 24.3 Å². The summed E-state index contributed by atoms with van der Waals surface area (Å²) in [5.41, 5.74) is 4.36. The normalized spacial score (nSPS) is 27.2. The molecule has 6 nitrogen and oxygen atoms in total. The number of fused-ring (bicyclic) bond motifs is 4. The van der Waals surface area contributed by atoms with Gasteiger partial charge in [0.1, 0.15) is 24.9 Å². The van der Waals surface area contributed by atoms with E-state index in [4.69, 9.17) is 14.2 Å². The van der Waals surface area contributed by atoms with Gasteiger partial charge in [0.25, 0.3) is 0 Å². The molecule has 164 valence electrons. The Morgan fingerprint density at radius 3 is 2.32 bits per heavy atom. The van der Waals surface area contributed by atoms with Crippen LogP contribution in [-0.4, -0.2) is 65.8 Å². The molecule has 0 saturated carbocycles. The van der Waals surface area contributed by atoms with E-state index in [1.165, 1.54) is 22.3 Å². The van der Waals surface area contributed by atoms with Crippen molar-refractivity contribution in [1.29, 1.82) is 0 Å². The molecule has 1 aliphatic carbocycles. The lowest BCUT2D eigenvalue weighted by Gasteiger charge is -2.27. The Bertz CT molecular complexity index is 938. The zero-order chi connectivity index (χ0) is 21.8. The lowest BCUT2D eigenvalue weighted by Crippen LogP contribution is -2.44. The maximum Gasteiger partial charge on any atom is 0.410 e. The molecule has 0 aromatic heterocycles. The number of aliphatic hydroxyl groups is 1. The Morgan fingerprint density at radius 1 is 1.10 bits per heavy atom. The molecule has 2 heterocycles. The summed E-state index contributed by atoms with van der Waals surface area (Å²) in [7, 11) is 0. The van der Waals surface area contributed by atoms with Crippen LogP contribution in [0.2, 0.25) is 0 Å². The molecule has 1 amide bonds. The molecule has 4 unspecified atom stereocenters. The van der Waals surface area contributed by atoms with Gasteiger partial charge in [-0.2, -0.15) is 0 Å². The first-order chi connectivity index (χ1) is 14.8. The van der Waals surface area contributed by atoms with Crippen LogP contribution in [0, 0.1) is 0 Å². The number of aliphatic hydroxyl groups excluding tert-OH is 1. The van der Waals surface area contributed by atoms with Gasteiger partial charge in [0.05, 0.1) is 24.8 Å². The van der Waals surface area contributed by atoms with E-state index >= 15 is 0 Å². The van der Waals surface area contributed by atoms with Crippen LogP contribution in [0.15, 0.2) is 48.5 Å². The van der Waals surface area contributed by atoms with Crippen molar-refractivity contribution in [2.24, 2.45) is 0 Å². The van der Waals surface area contributed by atoms with E-state index in [1.54, 1.807) is 4.90 Å². The van der Waals surface area contributed by atoms with E-state index in [0.29, 0.717) is 6.54 Å². The molecule has 1 N–H and O–H groups in total. The first-order valence-corrected chi connectivity index (χ1v) is 10.9. The Hall–Kier alpha value is -2.41. The zero-order valence-electron chi connectivity index (χ0n) is 18.2. The molecular formula is C25H29NO5. The molecule has 4 atom stereocenters. The number of hydrogen-bond acceptors (Lipinski definition) is 5. The number of ether oxygens (including phenoxy) is 3. The molecule has 3 aliphatic rings. The Morgan fingerprint density at radius 2 is 1.71 bits per heavy atom. The number of amides is 1. The second-order valence-electron chi connectivity index (χ2n) is 9.58. The molecule has 2 aliphatic heterocycles. The third-order valence-corrected chi connectivity index (χ3v) is 6.37. The molecule has 2 saturated heterocycles. The Kier molecular flexibility index (Phi) is 5.04. The number of hydrogen-bond donors (Lipinski definition) is 1. The van der Waals surface area contributed by atoms with Crippen molar-refractivity contribution < 1.29 is 24.1 Å². The van der Waals surface area contributed by atoms with Crippen LogP contribution in [0.1, 0.15) is 37.8 Å². The molecule has 5 rings (SSSR count). The minimum Gasteiger partial charge on any atom is -0.448 e. The zero-order valence-corrected chi connectivity index (χ0v) is 18.2. The fourth-order valence-electron chi connectivity index (χ4n) is 5.19. The van der Waals surface area contributed by atoms with Crippen molar-refractivity contribution in [1.82, 2.24) is 4.90 Å². The third kappa shape index (κ3) is 3.63. The van der Waals surface area contributed by atoms with Crippen molar-refractivity contribution >= 4 is 6.09 Å². The second-order valence-corrected chi connectivity index (χ2v) is 9.58. The molecule has 0 spiro atoms. The van der Waals surface area contributed by atoms with Gasteiger partial charge in [0, 0.05) is 5.92 Å². The molecule has 2 fully saturated rings. The van der Waals surface area contributed by atoms with E-state index in [9.17, 15) is 9.90 Å². The number of likely N-dealkylation sites (tertiary alicyclic amines) is 1. The highest BCUT2D eigenvalue weighted by Gasteiger charge is 2.54. The minimum atomic E-state index is -0.737. The standard InChI is InChI=1S/C25H29NO5/c1-25(2,3)31-21-12-26(22-20(27)14-29-23(21)22)24(28)30-13-19-17-10-6-4-8-15(17)16-9-5-7-11-18(16)19/h4-11,19-23,27H,12-14H2,1-3H3. The first kappa shape index (κ1) is 20.5. The maximum atomic E-state index is 13.1. The van der Waals surface area contributed by atoms with E-state index < -0.39 is 18.2 Å². The van der Waals surface area contributed by atoms with Crippen LogP contribution >= 0.6 is 0 Å². The SMILES string of the molecule is CC(C)(C)OC1CN(C(=O)OCC2c3ccccc3-c3ccccc32)C2C(O)COC12. The Labute approximate surface area is 182 Å². The summed E-state index contributed by atoms with van der Waals surface area (Å²) in [6, 6.07) is 16.1. The van der Waals surface area contributed by atoms with Crippen LogP contribution < -0.4 is 0 Å². The van der Waals surface area contributed by atoms with Gasteiger partial charge in [-0.25, -0.2) is 4.79 Å². The molecule has 6 heteroatoms.